The molecule has 4 aromatic rings. The van der Waals surface area contributed by atoms with Gasteiger partial charge in [-0.3, -0.25) is 0 Å². The van der Waals surface area contributed by atoms with Crippen LogP contribution < -0.4 is 9.47 Å². The predicted molar refractivity (Wildman–Crippen MR) is 109 cm³/mol. The Morgan fingerprint density at radius 1 is 0.577 bits per heavy atom. The molecule has 0 unspecified atom stereocenters. The van der Waals surface area contributed by atoms with E-state index in [1.54, 1.807) is 14.2 Å². The van der Waals surface area contributed by atoms with E-state index in [1.807, 2.05) is 6.07 Å². The van der Waals surface area contributed by atoms with Gasteiger partial charge in [-0.1, -0.05) is 60.7 Å². The number of benzene rings is 4. The standard InChI is InChI=1S/C24H22O2/c1-15-13-14-17-9-5-6-10-18(17)21(15)22-16(2)23(25-3)24(26-4)20-12-8-7-11-19(20)22/h5-14H,1-4H3. The van der Waals surface area contributed by atoms with E-state index in [1.165, 1.54) is 32.8 Å². The molecule has 130 valence electrons. The van der Waals surface area contributed by atoms with E-state index in [9.17, 15) is 0 Å². The molecule has 2 heteroatoms. The molecule has 0 atom stereocenters. The molecule has 26 heavy (non-hydrogen) atoms. The van der Waals surface area contributed by atoms with Gasteiger partial charge in [-0.05, 0) is 46.7 Å². The van der Waals surface area contributed by atoms with Gasteiger partial charge >= 0.3 is 0 Å². The third-order valence-electron chi connectivity index (χ3n) is 5.16. The predicted octanol–water partition coefficient (Wildman–Crippen LogP) is 6.29. The average molecular weight is 342 g/mol. The fourth-order valence-electron chi connectivity index (χ4n) is 3.99. The highest BCUT2D eigenvalue weighted by molar-refractivity contribution is 6.10. The third-order valence-corrected chi connectivity index (χ3v) is 5.16. The first-order valence-electron chi connectivity index (χ1n) is 8.79. The van der Waals surface area contributed by atoms with Crippen molar-refractivity contribution in [2.75, 3.05) is 14.2 Å². The molecule has 4 aromatic carbocycles. The number of hydrogen-bond donors (Lipinski definition) is 0. The van der Waals surface area contributed by atoms with Gasteiger partial charge in [0.25, 0.3) is 0 Å². The number of hydrogen-bond acceptors (Lipinski definition) is 2. The fraction of sp³-hybridized carbons (Fsp3) is 0.167. The van der Waals surface area contributed by atoms with Crippen LogP contribution in [0.25, 0.3) is 32.7 Å². The van der Waals surface area contributed by atoms with E-state index >= 15 is 0 Å². The summed E-state index contributed by atoms with van der Waals surface area (Å²) >= 11 is 0. The maximum Gasteiger partial charge on any atom is 0.168 e. The summed E-state index contributed by atoms with van der Waals surface area (Å²) in [5, 5.41) is 4.75. The van der Waals surface area contributed by atoms with Crippen LogP contribution in [0.5, 0.6) is 11.5 Å². The van der Waals surface area contributed by atoms with Gasteiger partial charge in [0.1, 0.15) is 0 Å². The summed E-state index contributed by atoms with van der Waals surface area (Å²) in [7, 11) is 3.41. The Balaban J connectivity index is 2.24. The molecule has 0 aromatic heterocycles. The first-order valence-corrected chi connectivity index (χ1v) is 8.79. The molecule has 0 N–H and O–H groups in total. The molecule has 0 saturated carbocycles. The molecular formula is C24H22O2. The van der Waals surface area contributed by atoms with Gasteiger partial charge in [0, 0.05) is 10.9 Å². The molecule has 2 nitrogen and oxygen atoms in total. The van der Waals surface area contributed by atoms with Crippen molar-refractivity contribution in [3.05, 3.63) is 71.8 Å². The molecule has 0 aliphatic carbocycles. The van der Waals surface area contributed by atoms with E-state index in [2.05, 4.69) is 68.4 Å². The van der Waals surface area contributed by atoms with Crippen molar-refractivity contribution in [2.45, 2.75) is 13.8 Å². The molecule has 0 amide bonds. The average Bonchev–Trinajstić information content (AvgIpc) is 2.68. The summed E-state index contributed by atoms with van der Waals surface area (Å²) in [6, 6.07) is 21.3. The highest BCUT2D eigenvalue weighted by atomic mass is 16.5. The van der Waals surface area contributed by atoms with Crippen molar-refractivity contribution in [1.82, 2.24) is 0 Å². The third kappa shape index (κ3) is 2.33. The molecule has 4 rings (SSSR count). The van der Waals surface area contributed by atoms with Gasteiger partial charge in [0.2, 0.25) is 0 Å². The van der Waals surface area contributed by atoms with E-state index in [0.29, 0.717) is 0 Å². The Kier molecular flexibility index (Phi) is 4.04. The molecule has 0 aliphatic rings. The van der Waals surface area contributed by atoms with Gasteiger partial charge < -0.3 is 9.47 Å². The summed E-state index contributed by atoms with van der Waals surface area (Å²) in [6.07, 6.45) is 0. The molecule has 0 spiro atoms. The zero-order valence-corrected chi connectivity index (χ0v) is 15.6. The molecule has 0 bridgehead atoms. The van der Waals surface area contributed by atoms with Crippen molar-refractivity contribution in [3.63, 3.8) is 0 Å². The van der Waals surface area contributed by atoms with Crippen LogP contribution in [-0.2, 0) is 0 Å². The van der Waals surface area contributed by atoms with Crippen LogP contribution >= 0.6 is 0 Å². The van der Waals surface area contributed by atoms with Gasteiger partial charge in [-0.2, -0.15) is 0 Å². The minimum absolute atomic E-state index is 0.794. The largest absolute Gasteiger partial charge is 0.493 e. The quantitative estimate of drug-likeness (QED) is 0.435. The highest BCUT2D eigenvalue weighted by Crippen LogP contribution is 2.47. The maximum atomic E-state index is 5.76. The minimum atomic E-state index is 0.794. The SMILES string of the molecule is COc1c(C)c(-c2c(C)ccc3ccccc23)c2ccccc2c1OC. The van der Waals surface area contributed by atoms with E-state index in [0.717, 1.165) is 22.4 Å². The van der Waals surface area contributed by atoms with Crippen molar-refractivity contribution in [1.29, 1.82) is 0 Å². The molecular weight excluding hydrogens is 320 g/mol. The monoisotopic (exact) mass is 342 g/mol. The number of rotatable bonds is 3. The van der Waals surface area contributed by atoms with Crippen LogP contribution in [0.15, 0.2) is 60.7 Å². The summed E-state index contributed by atoms with van der Waals surface area (Å²) in [4.78, 5) is 0. The minimum Gasteiger partial charge on any atom is -0.493 e. The number of ether oxygens (including phenoxy) is 2. The lowest BCUT2D eigenvalue weighted by Crippen LogP contribution is -1.99. The summed E-state index contributed by atoms with van der Waals surface area (Å²) < 4.78 is 11.5. The number of methoxy groups -OCH3 is 2. The molecule has 0 fully saturated rings. The zero-order chi connectivity index (χ0) is 18.3. The van der Waals surface area contributed by atoms with Gasteiger partial charge in [-0.15, -0.1) is 0 Å². The topological polar surface area (TPSA) is 18.5 Å². The van der Waals surface area contributed by atoms with Crippen LogP contribution in [0, 0.1) is 13.8 Å². The highest BCUT2D eigenvalue weighted by Gasteiger charge is 2.21. The Hall–Kier alpha value is -3.00. The van der Waals surface area contributed by atoms with Crippen molar-refractivity contribution < 1.29 is 9.47 Å². The van der Waals surface area contributed by atoms with Crippen molar-refractivity contribution in [3.8, 4) is 22.6 Å². The Morgan fingerprint density at radius 2 is 1.19 bits per heavy atom. The lowest BCUT2D eigenvalue weighted by Gasteiger charge is -2.21. The first-order chi connectivity index (χ1) is 12.7. The summed E-state index contributed by atoms with van der Waals surface area (Å²) in [5.74, 6) is 1.59. The zero-order valence-electron chi connectivity index (χ0n) is 15.6. The Morgan fingerprint density at radius 3 is 1.88 bits per heavy atom. The van der Waals surface area contributed by atoms with E-state index < -0.39 is 0 Å². The molecule has 0 radical (unpaired) electrons. The van der Waals surface area contributed by atoms with E-state index in [4.69, 9.17) is 9.47 Å². The van der Waals surface area contributed by atoms with Crippen LogP contribution in [0.1, 0.15) is 11.1 Å². The maximum absolute atomic E-state index is 5.76. The fourth-order valence-corrected chi connectivity index (χ4v) is 3.99. The Labute approximate surface area is 154 Å². The summed E-state index contributed by atoms with van der Waals surface area (Å²) in [5.41, 5.74) is 4.83. The van der Waals surface area contributed by atoms with Gasteiger partial charge in [-0.25, -0.2) is 0 Å². The number of aryl methyl sites for hydroxylation is 1. The van der Waals surface area contributed by atoms with E-state index in [-0.39, 0.29) is 0 Å². The Bertz CT molecular complexity index is 1130. The second-order valence-corrected chi connectivity index (χ2v) is 6.59. The second-order valence-electron chi connectivity index (χ2n) is 6.59. The normalized spacial score (nSPS) is 11.1. The van der Waals surface area contributed by atoms with Crippen LogP contribution in [0.4, 0.5) is 0 Å². The van der Waals surface area contributed by atoms with Crippen LogP contribution in [0.3, 0.4) is 0 Å². The first kappa shape index (κ1) is 16.5. The smallest absolute Gasteiger partial charge is 0.168 e. The second kappa shape index (κ2) is 6.38. The molecule has 0 heterocycles. The summed E-state index contributed by atoms with van der Waals surface area (Å²) in [6.45, 7) is 4.29. The lowest BCUT2D eigenvalue weighted by molar-refractivity contribution is 0.356. The van der Waals surface area contributed by atoms with Crippen LogP contribution in [-0.4, -0.2) is 14.2 Å². The lowest BCUT2D eigenvalue weighted by atomic mass is 9.87. The number of fused-ring (bicyclic) bond motifs is 2. The molecule has 0 saturated heterocycles. The van der Waals surface area contributed by atoms with Gasteiger partial charge in [0.15, 0.2) is 11.5 Å². The van der Waals surface area contributed by atoms with Crippen molar-refractivity contribution in [2.24, 2.45) is 0 Å². The molecule has 0 aliphatic heterocycles. The van der Waals surface area contributed by atoms with Gasteiger partial charge in [0.05, 0.1) is 14.2 Å². The van der Waals surface area contributed by atoms with Crippen LogP contribution in [0.2, 0.25) is 0 Å². The van der Waals surface area contributed by atoms with Crippen molar-refractivity contribution >= 4 is 21.5 Å².